The Morgan fingerprint density at radius 3 is 2.36 bits per heavy atom. The Bertz CT molecular complexity index is 972. The minimum atomic E-state index is -0.356. The standard InChI is InChI=1S/C20H22N2O3/c1-2-21-9-11-22(12-10-21)13-17-18(23)8-7-15-14-5-3-4-6-16(14)20(24)25-19(15)17/h3-8,23H,2,9-13H2,1H3. The normalized spacial score (nSPS) is 16.7. The number of rotatable bonds is 3. The lowest BCUT2D eigenvalue weighted by Crippen LogP contribution is -2.45. The maximum absolute atomic E-state index is 12.4. The molecule has 0 atom stereocenters. The van der Waals surface area contributed by atoms with Crippen molar-refractivity contribution < 1.29 is 9.52 Å². The first-order valence-corrected chi connectivity index (χ1v) is 8.78. The van der Waals surface area contributed by atoms with Gasteiger partial charge in [0.25, 0.3) is 0 Å². The topological polar surface area (TPSA) is 56.9 Å². The highest BCUT2D eigenvalue weighted by molar-refractivity contribution is 6.05. The van der Waals surface area contributed by atoms with Crippen LogP contribution in [0.3, 0.4) is 0 Å². The van der Waals surface area contributed by atoms with Crippen LogP contribution >= 0.6 is 0 Å². The highest BCUT2D eigenvalue weighted by atomic mass is 16.4. The van der Waals surface area contributed by atoms with Crippen molar-refractivity contribution in [2.75, 3.05) is 32.7 Å². The predicted molar refractivity (Wildman–Crippen MR) is 99.0 cm³/mol. The van der Waals surface area contributed by atoms with Crippen LogP contribution in [0.1, 0.15) is 12.5 Å². The molecule has 1 aromatic heterocycles. The summed E-state index contributed by atoms with van der Waals surface area (Å²) in [6.07, 6.45) is 0. The number of piperazine rings is 1. The Kier molecular flexibility index (Phi) is 4.19. The van der Waals surface area contributed by atoms with Crippen molar-refractivity contribution in [1.82, 2.24) is 9.80 Å². The fourth-order valence-electron chi connectivity index (χ4n) is 3.63. The Morgan fingerprint density at radius 2 is 1.64 bits per heavy atom. The summed E-state index contributed by atoms with van der Waals surface area (Å²) < 4.78 is 5.62. The molecule has 0 unspecified atom stereocenters. The Hall–Kier alpha value is -2.37. The monoisotopic (exact) mass is 338 g/mol. The molecule has 1 N–H and O–H groups in total. The summed E-state index contributed by atoms with van der Waals surface area (Å²) in [6.45, 7) is 7.76. The first kappa shape index (κ1) is 16.1. The van der Waals surface area contributed by atoms with E-state index in [1.54, 1.807) is 12.1 Å². The van der Waals surface area contributed by atoms with E-state index in [0.717, 1.165) is 43.5 Å². The van der Waals surface area contributed by atoms with Gasteiger partial charge in [0.05, 0.1) is 10.9 Å². The Morgan fingerprint density at radius 1 is 0.960 bits per heavy atom. The molecule has 2 heterocycles. The van der Waals surface area contributed by atoms with Crippen molar-refractivity contribution in [1.29, 1.82) is 0 Å². The van der Waals surface area contributed by atoms with Gasteiger partial charge in [-0.2, -0.15) is 0 Å². The van der Waals surface area contributed by atoms with Crippen molar-refractivity contribution in [3.63, 3.8) is 0 Å². The summed E-state index contributed by atoms with van der Waals surface area (Å²) in [5.74, 6) is 0.184. The molecule has 0 spiro atoms. The fraction of sp³-hybridized carbons (Fsp3) is 0.350. The molecule has 1 saturated heterocycles. The Labute approximate surface area is 146 Å². The van der Waals surface area contributed by atoms with E-state index >= 15 is 0 Å². The van der Waals surface area contributed by atoms with Gasteiger partial charge < -0.3 is 14.4 Å². The van der Waals surface area contributed by atoms with Crippen LogP contribution in [0.4, 0.5) is 0 Å². The van der Waals surface area contributed by atoms with E-state index in [9.17, 15) is 9.90 Å². The van der Waals surface area contributed by atoms with Gasteiger partial charge >= 0.3 is 5.63 Å². The maximum atomic E-state index is 12.4. The molecule has 4 rings (SSSR count). The fourth-order valence-corrected chi connectivity index (χ4v) is 3.63. The average molecular weight is 338 g/mol. The van der Waals surface area contributed by atoms with Crippen molar-refractivity contribution in [3.05, 3.63) is 52.4 Å². The minimum absolute atomic E-state index is 0.184. The van der Waals surface area contributed by atoms with E-state index in [4.69, 9.17) is 4.42 Å². The van der Waals surface area contributed by atoms with Crippen LogP contribution < -0.4 is 5.63 Å². The molecule has 0 radical (unpaired) electrons. The molecule has 1 aliphatic rings. The molecule has 5 heteroatoms. The number of hydrogen-bond acceptors (Lipinski definition) is 5. The maximum Gasteiger partial charge on any atom is 0.344 e. The quantitative estimate of drug-likeness (QED) is 0.588. The second-order valence-electron chi connectivity index (χ2n) is 6.59. The summed E-state index contributed by atoms with van der Waals surface area (Å²) in [4.78, 5) is 17.1. The highest BCUT2D eigenvalue weighted by Crippen LogP contribution is 2.31. The van der Waals surface area contributed by atoms with Gasteiger partial charge in [-0.25, -0.2) is 4.79 Å². The zero-order valence-electron chi connectivity index (χ0n) is 14.4. The third-order valence-electron chi connectivity index (χ3n) is 5.16. The van der Waals surface area contributed by atoms with Gasteiger partial charge in [0.15, 0.2) is 0 Å². The van der Waals surface area contributed by atoms with Crippen LogP contribution in [0, 0.1) is 0 Å². The lowest BCUT2D eigenvalue weighted by Gasteiger charge is -2.34. The molecular weight excluding hydrogens is 316 g/mol. The molecule has 3 aromatic rings. The van der Waals surface area contributed by atoms with Crippen LogP contribution in [-0.2, 0) is 6.54 Å². The van der Waals surface area contributed by atoms with Crippen molar-refractivity contribution in [3.8, 4) is 5.75 Å². The van der Waals surface area contributed by atoms with E-state index in [0.29, 0.717) is 23.1 Å². The van der Waals surface area contributed by atoms with Crippen molar-refractivity contribution >= 4 is 21.7 Å². The zero-order chi connectivity index (χ0) is 17.4. The van der Waals surface area contributed by atoms with E-state index in [-0.39, 0.29) is 11.4 Å². The number of fused-ring (bicyclic) bond motifs is 3. The zero-order valence-corrected chi connectivity index (χ0v) is 14.4. The molecule has 2 aromatic carbocycles. The molecule has 1 aliphatic heterocycles. The number of nitrogens with zero attached hydrogens (tertiary/aromatic N) is 2. The van der Waals surface area contributed by atoms with Crippen molar-refractivity contribution in [2.24, 2.45) is 0 Å². The molecule has 0 amide bonds. The van der Waals surface area contributed by atoms with E-state index in [1.165, 1.54) is 0 Å². The minimum Gasteiger partial charge on any atom is -0.507 e. The molecule has 5 nitrogen and oxygen atoms in total. The third kappa shape index (κ3) is 2.90. The van der Waals surface area contributed by atoms with Crippen LogP contribution in [-0.4, -0.2) is 47.6 Å². The summed E-state index contributed by atoms with van der Waals surface area (Å²) >= 11 is 0. The number of likely N-dealkylation sites (N-methyl/N-ethyl adjacent to an activating group) is 1. The Balaban J connectivity index is 1.78. The molecule has 0 aliphatic carbocycles. The average Bonchev–Trinajstić information content (AvgIpc) is 2.65. The molecule has 0 bridgehead atoms. The number of phenolic OH excluding ortho intramolecular Hbond substituents is 1. The van der Waals surface area contributed by atoms with E-state index in [2.05, 4.69) is 16.7 Å². The van der Waals surface area contributed by atoms with Crippen LogP contribution in [0.15, 0.2) is 45.6 Å². The van der Waals surface area contributed by atoms with Gasteiger partial charge in [-0.3, -0.25) is 4.90 Å². The smallest absolute Gasteiger partial charge is 0.344 e. The number of benzene rings is 2. The van der Waals surface area contributed by atoms with E-state index in [1.807, 2.05) is 24.3 Å². The van der Waals surface area contributed by atoms with Gasteiger partial charge in [0.2, 0.25) is 0 Å². The lowest BCUT2D eigenvalue weighted by molar-refractivity contribution is 0.131. The predicted octanol–water partition coefficient (Wildman–Crippen LogP) is 2.79. The highest BCUT2D eigenvalue weighted by Gasteiger charge is 2.20. The van der Waals surface area contributed by atoms with Gasteiger partial charge in [-0.05, 0) is 30.1 Å². The van der Waals surface area contributed by atoms with Crippen LogP contribution in [0.2, 0.25) is 0 Å². The van der Waals surface area contributed by atoms with Crippen LogP contribution in [0.5, 0.6) is 5.75 Å². The summed E-state index contributed by atoms with van der Waals surface area (Å²) in [5, 5.41) is 12.7. The summed E-state index contributed by atoms with van der Waals surface area (Å²) in [6, 6.07) is 11.0. The molecular formula is C20H22N2O3. The first-order chi connectivity index (χ1) is 12.2. The molecule has 1 fully saturated rings. The van der Waals surface area contributed by atoms with Crippen LogP contribution in [0.25, 0.3) is 21.7 Å². The third-order valence-corrected chi connectivity index (χ3v) is 5.16. The van der Waals surface area contributed by atoms with Gasteiger partial charge in [-0.15, -0.1) is 0 Å². The van der Waals surface area contributed by atoms with Gasteiger partial charge in [-0.1, -0.05) is 25.1 Å². The molecule has 0 saturated carbocycles. The van der Waals surface area contributed by atoms with Gasteiger partial charge in [0, 0.05) is 38.1 Å². The SMILES string of the molecule is CCN1CCN(Cc2c(O)ccc3c2oc(=O)c2ccccc23)CC1. The summed E-state index contributed by atoms with van der Waals surface area (Å²) in [5.41, 5.74) is 0.845. The molecule has 130 valence electrons. The van der Waals surface area contributed by atoms with E-state index < -0.39 is 0 Å². The number of aromatic hydroxyl groups is 1. The number of hydrogen-bond donors (Lipinski definition) is 1. The van der Waals surface area contributed by atoms with Gasteiger partial charge in [0.1, 0.15) is 11.3 Å². The second kappa shape index (κ2) is 6.50. The molecule has 25 heavy (non-hydrogen) atoms. The van der Waals surface area contributed by atoms with Crippen molar-refractivity contribution in [2.45, 2.75) is 13.5 Å². The largest absolute Gasteiger partial charge is 0.507 e. The number of phenols is 1. The summed E-state index contributed by atoms with van der Waals surface area (Å²) in [7, 11) is 0. The lowest BCUT2D eigenvalue weighted by atomic mass is 10.0. The second-order valence-corrected chi connectivity index (χ2v) is 6.59. The first-order valence-electron chi connectivity index (χ1n) is 8.78.